The van der Waals surface area contributed by atoms with Crippen LogP contribution in [-0.4, -0.2) is 12.5 Å². The number of fused-ring (bicyclic) bond motifs is 1. The Morgan fingerprint density at radius 2 is 2.06 bits per heavy atom. The summed E-state index contributed by atoms with van der Waals surface area (Å²) in [6, 6.07) is 6.80. The number of rotatable bonds is 2. The molecule has 1 aliphatic carbocycles. The van der Waals surface area contributed by atoms with Crippen LogP contribution in [-0.2, 0) is 24.1 Å². The number of carbonyl (C=O) groups is 1. The highest BCUT2D eigenvalue weighted by molar-refractivity contribution is 5.79. The minimum absolute atomic E-state index is 0.197. The molecule has 0 spiro atoms. The van der Waals surface area contributed by atoms with E-state index in [4.69, 9.17) is 0 Å². The van der Waals surface area contributed by atoms with Crippen molar-refractivity contribution in [3.8, 4) is 0 Å². The summed E-state index contributed by atoms with van der Waals surface area (Å²) in [5.41, 5.74) is 4.37. The average molecular weight is 229 g/mol. The van der Waals surface area contributed by atoms with Gasteiger partial charge in [-0.15, -0.1) is 0 Å². The highest BCUT2D eigenvalue weighted by Gasteiger charge is 2.22. The summed E-state index contributed by atoms with van der Waals surface area (Å²) in [7, 11) is 0. The summed E-state index contributed by atoms with van der Waals surface area (Å²) in [5.74, 6) is 0.444. The lowest BCUT2D eigenvalue weighted by Crippen LogP contribution is -2.37. The van der Waals surface area contributed by atoms with Gasteiger partial charge in [-0.05, 0) is 55.2 Å². The first kappa shape index (κ1) is 10.8. The van der Waals surface area contributed by atoms with Crippen molar-refractivity contribution in [2.45, 2.75) is 38.5 Å². The number of hydrogen-bond acceptors (Lipinski definition) is 1. The molecule has 0 bridgehead atoms. The van der Waals surface area contributed by atoms with Crippen molar-refractivity contribution in [1.82, 2.24) is 5.32 Å². The molecule has 90 valence electrons. The molecule has 1 atom stereocenters. The van der Waals surface area contributed by atoms with E-state index >= 15 is 0 Å². The Bertz CT molecular complexity index is 439. The van der Waals surface area contributed by atoms with Crippen LogP contribution in [0.1, 0.15) is 36.0 Å². The van der Waals surface area contributed by atoms with Gasteiger partial charge in [-0.25, -0.2) is 0 Å². The van der Waals surface area contributed by atoms with Crippen LogP contribution in [0.4, 0.5) is 0 Å². The average Bonchev–Trinajstić information content (AvgIpc) is 2.79. The van der Waals surface area contributed by atoms with Crippen molar-refractivity contribution in [3.05, 3.63) is 34.9 Å². The minimum Gasteiger partial charge on any atom is -0.356 e. The zero-order chi connectivity index (χ0) is 11.7. The van der Waals surface area contributed by atoms with Crippen LogP contribution >= 0.6 is 0 Å². The molecule has 1 fully saturated rings. The van der Waals surface area contributed by atoms with Gasteiger partial charge >= 0.3 is 0 Å². The predicted octanol–water partition coefficient (Wildman–Crippen LogP) is 2.24. The molecule has 1 amide bonds. The lowest BCUT2D eigenvalue weighted by molar-refractivity contribution is -0.126. The molecule has 0 saturated carbocycles. The lowest BCUT2D eigenvalue weighted by Gasteiger charge is -2.22. The molecule has 17 heavy (non-hydrogen) atoms. The molecular weight excluding hydrogens is 210 g/mol. The quantitative estimate of drug-likeness (QED) is 0.828. The van der Waals surface area contributed by atoms with Crippen LogP contribution in [0.2, 0.25) is 0 Å². The lowest BCUT2D eigenvalue weighted by atomic mass is 9.90. The van der Waals surface area contributed by atoms with Gasteiger partial charge in [0.05, 0.1) is 0 Å². The van der Waals surface area contributed by atoms with Crippen LogP contribution in [0, 0.1) is 5.92 Å². The van der Waals surface area contributed by atoms with E-state index in [-0.39, 0.29) is 11.8 Å². The normalized spacial score (nSPS) is 23.3. The van der Waals surface area contributed by atoms with E-state index in [0.717, 1.165) is 25.8 Å². The second-order valence-corrected chi connectivity index (χ2v) is 5.29. The first-order valence-corrected chi connectivity index (χ1v) is 6.71. The Labute approximate surface area is 102 Å². The number of aryl methyl sites for hydroxylation is 2. The third kappa shape index (κ3) is 2.21. The number of hydrogen-bond donors (Lipinski definition) is 1. The summed E-state index contributed by atoms with van der Waals surface area (Å²) >= 11 is 0. The Morgan fingerprint density at radius 1 is 1.18 bits per heavy atom. The first-order valence-electron chi connectivity index (χ1n) is 6.71. The molecular formula is C15H19NO. The fourth-order valence-corrected chi connectivity index (χ4v) is 3.07. The molecule has 1 aliphatic heterocycles. The van der Waals surface area contributed by atoms with Crippen molar-refractivity contribution < 1.29 is 4.79 Å². The zero-order valence-corrected chi connectivity index (χ0v) is 10.2. The number of benzene rings is 1. The van der Waals surface area contributed by atoms with Crippen LogP contribution in [0.5, 0.6) is 0 Å². The minimum atomic E-state index is 0.197. The number of piperidine rings is 1. The van der Waals surface area contributed by atoms with E-state index in [1.807, 2.05) is 0 Å². The van der Waals surface area contributed by atoms with Gasteiger partial charge in [0.25, 0.3) is 0 Å². The van der Waals surface area contributed by atoms with E-state index in [2.05, 4.69) is 23.5 Å². The topological polar surface area (TPSA) is 29.1 Å². The highest BCUT2D eigenvalue weighted by atomic mass is 16.1. The van der Waals surface area contributed by atoms with Gasteiger partial charge in [0, 0.05) is 12.5 Å². The van der Waals surface area contributed by atoms with E-state index in [9.17, 15) is 4.79 Å². The Hall–Kier alpha value is -1.31. The van der Waals surface area contributed by atoms with Gasteiger partial charge in [-0.3, -0.25) is 4.79 Å². The maximum absolute atomic E-state index is 11.7. The molecule has 2 heteroatoms. The van der Waals surface area contributed by atoms with E-state index in [0.29, 0.717) is 0 Å². The smallest absolute Gasteiger partial charge is 0.223 e. The van der Waals surface area contributed by atoms with E-state index in [1.165, 1.54) is 36.0 Å². The Morgan fingerprint density at radius 3 is 2.94 bits per heavy atom. The van der Waals surface area contributed by atoms with Gasteiger partial charge in [-0.1, -0.05) is 18.2 Å². The van der Waals surface area contributed by atoms with Gasteiger partial charge in [0.15, 0.2) is 0 Å². The molecule has 1 aromatic rings. The van der Waals surface area contributed by atoms with E-state index < -0.39 is 0 Å². The maximum Gasteiger partial charge on any atom is 0.223 e. The summed E-state index contributed by atoms with van der Waals surface area (Å²) in [6.45, 7) is 0.861. The molecule has 1 unspecified atom stereocenters. The monoisotopic (exact) mass is 229 g/mol. The van der Waals surface area contributed by atoms with Crippen LogP contribution < -0.4 is 5.32 Å². The van der Waals surface area contributed by atoms with Gasteiger partial charge < -0.3 is 5.32 Å². The number of amides is 1. The molecule has 1 saturated heterocycles. The van der Waals surface area contributed by atoms with Crippen LogP contribution in [0.25, 0.3) is 0 Å². The molecule has 1 N–H and O–H groups in total. The summed E-state index contributed by atoms with van der Waals surface area (Å²) in [4.78, 5) is 11.7. The molecule has 2 aliphatic rings. The molecule has 0 aromatic heterocycles. The van der Waals surface area contributed by atoms with Crippen molar-refractivity contribution >= 4 is 5.91 Å². The van der Waals surface area contributed by atoms with Crippen molar-refractivity contribution in [1.29, 1.82) is 0 Å². The van der Waals surface area contributed by atoms with Crippen molar-refractivity contribution in [2.75, 3.05) is 6.54 Å². The van der Waals surface area contributed by atoms with Gasteiger partial charge in [0.2, 0.25) is 5.91 Å². The molecule has 1 aromatic carbocycles. The second kappa shape index (κ2) is 4.52. The van der Waals surface area contributed by atoms with Gasteiger partial charge in [0.1, 0.15) is 0 Å². The number of nitrogens with one attached hydrogen (secondary N) is 1. The summed E-state index contributed by atoms with van der Waals surface area (Å²) in [6.07, 6.45) is 6.84. The summed E-state index contributed by atoms with van der Waals surface area (Å²) < 4.78 is 0. The molecule has 3 rings (SSSR count). The van der Waals surface area contributed by atoms with Crippen LogP contribution in [0.15, 0.2) is 18.2 Å². The molecule has 2 nitrogen and oxygen atoms in total. The Kier molecular flexibility index (Phi) is 2.87. The SMILES string of the molecule is O=C1NCCCC1Cc1ccc2c(c1)CCC2. The standard InChI is InChI=1S/C15H19NO/c17-15-14(5-2-8-16-15)10-11-6-7-12-3-1-4-13(12)9-11/h6-7,9,14H,1-5,8,10H2,(H,16,17). The van der Waals surface area contributed by atoms with Crippen molar-refractivity contribution in [3.63, 3.8) is 0 Å². The van der Waals surface area contributed by atoms with Crippen LogP contribution in [0.3, 0.4) is 0 Å². The summed E-state index contributed by atoms with van der Waals surface area (Å²) in [5, 5.41) is 2.97. The van der Waals surface area contributed by atoms with Gasteiger partial charge in [-0.2, -0.15) is 0 Å². The maximum atomic E-state index is 11.7. The zero-order valence-electron chi connectivity index (χ0n) is 10.2. The molecule has 0 radical (unpaired) electrons. The predicted molar refractivity (Wildman–Crippen MR) is 67.9 cm³/mol. The highest BCUT2D eigenvalue weighted by Crippen LogP contribution is 2.25. The Balaban J connectivity index is 1.74. The third-order valence-corrected chi connectivity index (χ3v) is 4.04. The second-order valence-electron chi connectivity index (χ2n) is 5.29. The van der Waals surface area contributed by atoms with Crippen molar-refractivity contribution in [2.24, 2.45) is 5.92 Å². The largest absolute Gasteiger partial charge is 0.356 e. The fourth-order valence-electron chi connectivity index (χ4n) is 3.07. The number of carbonyl (C=O) groups excluding carboxylic acids is 1. The first-order chi connectivity index (χ1) is 8.33. The fraction of sp³-hybridized carbons (Fsp3) is 0.533. The molecule has 1 heterocycles. The third-order valence-electron chi connectivity index (χ3n) is 4.04. The van der Waals surface area contributed by atoms with E-state index in [1.54, 1.807) is 0 Å².